The SMILES string of the molecule is COC(=O)c1ccc(N(C)CCO)cc1C=O. The number of hydrogen-bond donors (Lipinski definition) is 1. The number of esters is 1. The molecule has 0 aromatic heterocycles. The molecule has 1 aromatic rings. The van der Waals surface area contributed by atoms with Crippen LogP contribution in [0.3, 0.4) is 0 Å². The van der Waals surface area contributed by atoms with Crippen LogP contribution in [-0.2, 0) is 4.74 Å². The lowest BCUT2D eigenvalue weighted by Gasteiger charge is -2.18. The molecule has 0 aliphatic carbocycles. The Morgan fingerprint density at radius 3 is 2.76 bits per heavy atom. The maximum Gasteiger partial charge on any atom is 0.338 e. The Bertz CT molecular complexity index is 417. The van der Waals surface area contributed by atoms with Crippen molar-refractivity contribution < 1.29 is 19.4 Å². The standard InChI is InChI=1S/C12H15NO4/c1-13(5-6-14)10-3-4-11(12(16)17-2)9(7-10)8-15/h3-4,7-8,14H,5-6H2,1-2H3. The fourth-order valence-electron chi connectivity index (χ4n) is 1.46. The zero-order valence-electron chi connectivity index (χ0n) is 9.84. The molecule has 0 saturated carbocycles. The first-order valence-electron chi connectivity index (χ1n) is 5.13. The highest BCUT2D eigenvalue weighted by atomic mass is 16.5. The summed E-state index contributed by atoms with van der Waals surface area (Å²) < 4.78 is 4.58. The molecule has 0 radical (unpaired) electrons. The number of hydrogen-bond acceptors (Lipinski definition) is 5. The van der Waals surface area contributed by atoms with E-state index in [1.165, 1.54) is 7.11 Å². The molecule has 17 heavy (non-hydrogen) atoms. The van der Waals surface area contributed by atoms with Gasteiger partial charge in [0.2, 0.25) is 0 Å². The van der Waals surface area contributed by atoms with Gasteiger partial charge in [-0.3, -0.25) is 4.79 Å². The third kappa shape index (κ3) is 3.04. The molecule has 0 saturated heterocycles. The fourth-order valence-corrected chi connectivity index (χ4v) is 1.46. The van der Waals surface area contributed by atoms with Gasteiger partial charge in [0.1, 0.15) is 0 Å². The van der Waals surface area contributed by atoms with Crippen molar-refractivity contribution in [2.45, 2.75) is 0 Å². The van der Waals surface area contributed by atoms with Gasteiger partial charge in [-0.05, 0) is 18.2 Å². The third-order valence-corrected chi connectivity index (χ3v) is 2.44. The molecule has 0 spiro atoms. The van der Waals surface area contributed by atoms with Crippen molar-refractivity contribution in [2.24, 2.45) is 0 Å². The summed E-state index contributed by atoms with van der Waals surface area (Å²) in [6.45, 7) is 0.474. The molecule has 5 nitrogen and oxygen atoms in total. The van der Waals surface area contributed by atoms with Crippen LogP contribution in [0, 0.1) is 0 Å². The van der Waals surface area contributed by atoms with Crippen LogP contribution in [0.1, 0.15) is 20.7 Å². The zero-order chi connectivity index (χ0) is 12.8. The molecule has 5 heteroatoms. The van der Waals surface area contributed by atoms with E-state index in [0.29, 0.717) is 12.8 Å². The Hall–Kier alpha value is -1.88. The second-order valence-electron chi connectivity index (χ2n) is 3.53. The van der Waals surface area contributed by atoms with Crippen LogP contribution >= 0.6 is 0 Å². The Morgan fingerprint density at radius 1 is 1.53 bits per heavy atom. The molecule has 0 bridgehead atoms. The minimum Gasteiger partial charge on any atom is -0.465 e. The molecule has 0 unspecified atom stereocenters. The Labute approximate surface area is 99.6 Å². The lowest BCUT2D eigenvalue weighted by molar-refractivity contribution is 0.0598. The minimum atomic E-state index is -0.538. The highest BCUT2D eigenvalue weighted by Crippen LogP contribution is 2.18. The first kappa shape index (κ1) is 13.2. The Morgan fingerprint density at radius 2 is 2.24 bits per heavy atom. The molecule has 0 atom stereocenters. The number of ether oxygens (including phenoxy) is 1. The first-order valence-corrected chi connectivity index (χ1v) is 5.13. The molecule has 0 amide bonds. The van der Waals surface area contributed by atoms with Crippen LogP contribution in [0.15, 0.2) is 18.2 Å². The number of benzene rings is 1. The van der Waals surface area contributed by atoms with Crippen LogP contribution in [0.2, 0.25) is 0 Å². The summed E-state index contributed by atoms with van der Waals surface area (Å²) in [7, 11) is 3.06. The van der Waals surface area contributed by atoms with Gasteiger partial charge in [0.15, 0.2) is 6.29 Å². The van der Waals surface area contributed by atoms with E-state index in [1.54, 1.807) is 30.1 Å². The van der Waals surface area contributed by atoms with Gasteiger partial charge >= 0.3 is 5.97 Å². The predicted molar refractivity (Wildman–Crippen MR) is 63.5 cm³/mol. The van der Waals surface area contributed by atoms with Gasteiger partial charge in [-0.15, -0.1) is 0 Å². The number of anilines is 1. The van der Waals surface area contributed by atoms with E-state index in [-0.39, 0.29) is 17.7 Å². The van der Waals surface area contributed by atoms with Gasteiger partial charge in [-0.25, -0.2) is 4.79 Å². The van der Waals surface area contributed by atoms with Crippen molar-refractivity contribution in [1.29, 1.82) is 0 Å². The van der Waals surface area contributed by atoms with E-state index >= 15 is 0 Å². The number of aliphatic hydroxyl groups is 1. The monoisotopic (exact) mass is 237 g/mol. The number of nitrogens with zero attached hydrogens (tertiary/aromatic N) is 1. The maximum absolute atomic E-state index is 11.4. The first-order chi connectivity index (χ1) is 8.13. The number of carbonyl (C=O) groups is 2. The lowest BCUT2D eigenvalue weighted by Crippen LogP contribution is -2.21. The number of likely N-dealkylation sites (N-methyl/N-ethyl adjacent to an activating group) is 1. The number of aldehydes is 1. The van der Waals surface area contributed by atoms with Gasteiger partial charge in [-0.2, -0.15) is 0 Å². The Balaban J connectivity index is 3.08. The topological polar surface area (TPSA) is 66.8 Å². The number of rotatable bonds is 5. The van der Waals surface area contributed by atoms with Gasteiger partial charge in [0.25, 0.3) is 0 Å². The van der Waals surface area contributed by atoms with Crippen molar-refractivity contribution in [3.05, 3.63) is 29.3 Å². The van der Waals surface area contributed by atoms with Gasteiger partial charge in [0.05, 0.1) is 19.3 Å². The smallest absolute Gasteiger partial charge is 0.338 e. The molecule has 0 aliphatic heterocycles. The van der Waals surface area contributed by atoms with Crippen molar-refractivity contribution in [1.82, 2.24) is 0 Å². The van der Waals surface area contributed by atoms with Crippen molar-refractivity contribution >= 4 is 17.9 Å². The number of methoxy groups -OCH3 is 1. The summed E-state index contributed by atoms with van der Waals surface area (Å²) in [6, 6.07) is 4.84. The molecule has 1 N–H and O–H groups in total. The summed E-state index contributed by atoms with van der Waals surface area (Å²) in [5.41, 5.74) is 1.27. The fraction of sp³-hybridized carbons (Fsp3) is 0.333. The van der Waals surface area contributed by atoms with E-state index in [0.717, 1.165) is 5.69 Å². The van der Waals surface area contributed by atoms with E-state index < -0.39 is 5.97 Å². The van der Waals surface area contributed by atoms with Gasteiger partial charge in [0, 0.05) is 24.8 Å². The summed E-state index contributed by atoms with van der Waals surface area (Å²) in [4.78, 5) is 24.1. The molecule has 1 rings (SSSR count). The van der Waals surface area contributed by atoms with Crippen LogP contribution in [-0.4, -0.2) is 44.7 Å². The lowest BCUT2D eigenvalue weighted by atomic mass is 10.1. The molecule has 0 heterocycles. The normalized spacial score (nSPS) is 9.82. The van der Waals surface area contributed by atoms with E-state index in [9.17, 15) is 9.59 Å². The van der Waals surface area contributed by atoms with Crippen molar-refractivity contribution in [3.63, 3.8) is 0 Å². The van der Waals surface area contributed by atoms with E-state index in [4.69, 9.17) is 5.11 Å². The molecule has 0 fully saturated rings. The van der Waals surface area contributed by atoms with Crippen LogP contribution < -0.4 is 4.90 Å². The van der Waals surface area contributed by atoms with Crippen LogP contribution in [0.25, 0.3) is 0 Å². The van der Waals surface area contributed by atoms with E-state index in [2.05, 4.69) is 4.74 Å². The van der Waals surface area contributed by atoms with Gasteiger partial charge in [-0.1, -0.05) is 0 Å². The van der Waals surface area contributed by atoms with Crippen LogP contribution in [0.4, 0.5) is 5.69 Å². The van der Waals surface area contributed by atoms with E-state index in [1.807, 2.05) is 0 Å². The quantitative estimate of drug-likeness (QED) is 0.603. The maximum atomic E-state index is 11.4. The second-order valence-corrected chi connectivity index (χ2v) is 3.53. The third-order valence-electron chi connectivity index (χ3n) is 2.44. The molecule has 1 aromatic carbocycles. The molecular formula is C12H15NO4. The second kappa shape index (κ2) is 6.00. The molecule has 92 valence electrons. The highest BCUT2D eigenvalue weighted by molar-refractivity contribution is 5.99. The van der Waals surface area contributed by atoms with Crippen molar-refractivity contribution in [3.8, 4) is 0 Å². The predicted octanol–water partition coefficient (Wildman–Crippen LogP) is 0.714. The highest BCUT2D eigenvalue weighted by Gasteiger charge is 2.12. The summed E-state index contributed by atoms with van der Waals surface area (Å²) in [6.07, 6.45) is 0.614. The summed E-state index contributed by atoms with van der Waals surface area (Å²) in [5, 5.41) is 8.82. The summed E-state index contributed by atoms with van der Waals surface area (Å²) in [5.74, 6) is -0.538. The van der Waals surface area contributed by atoms with Crippen molar-refractivity contribution in [2.75, 3.05) is 32.2 Å². The average molecular weight is 237 g/mol. The zero-order valence-corrected chi connectivity index (χ0v) is 9.84. The number of carbonyl (C=O) groups excluding carboxylic acids is 2. The van der Waals surface area contributed by atoms with Gasteiger partial charge < -0.3 is 14.7 Å². The largest absolute Gasteiger partial charge is 0.465 e. The van der Waals surface area contributed by atoms with Crippen LogP contribution in [0.5, 0.6) is 0 Å². The summed E-state index contributed by atoms with van der Waals surface area (Å²) >= 11 is 0. The minimum absolute atomic E-state index is 0.0195. The number of aliphatic hydroxyl groups excluding tert-OH is 1. The Kier molecular flexibility index (Phi) is 4.66. The molecule has 0 aliphatic rings. The molecular weight excluding hydrogens is 222 g/mol. The average Bonchev–Trinajstić information content (AvgIpc) is 2.37.